The molecule has 0 aliphatic carbocycles. The van der Waals surface area contributed by atoms with Gasteiger partial charge in [-0.25, -0.2) is 8.42 Å². The maximum absolute atomic E-state index is 11.9. The topological polar surface area (TPSA) is 55.4 Å². The number of hydrogen-bond donors (Lipinski definition) is 1. The zero-order chi connectivity index (χ0) is 16.0. The van der Waals surface area contributed by atoms with E-state index in [1.54, 1.807) is 26.2 Å². The average Bonchev–Trinajstić information content (AvgIpc) is 2.41. The van der Waals surface area contributed by atoms with Crippen molar-refractivity contribution in [3.8, 4) is 5.75 Å². The molecule has 0 saturated heterocycles. The van der Waals surface area contributed by atoms with E-state index in [0.717, 1.165) is 24.3 Å². The third-order valence-corrected chi connectivity index (χ3v) is 5.50. The van der Waals surface area contributed by atoms with Crippen molar-refractivity contribution in [2.45, 2.75) is 38.0 Å². The van der Waals surface area contributed by atoms with Gasteiger partial charge in [0.05, 0.1) is 12.4 Å². The molecule has 0 amide bonds. The summed E-state index contributed by atoms with van der Waals surface area (Å²) in [5.74, 6) is 0.725. The SMILES string of the molecule is CCCNC(Cc1cc(Cl)ccc1OC)C(C)S(C)(=O)=O. The summed E-state index contributed by atoms with van der Waals surface area (Å²) in [4.78, 5) is 0. The van der Waals surface area contributed by atoms with Gasteiger partial charge >= 0.3 is 0 Å². The Morgan fingerprint density at radius 2 is 2.05 bits per heavy atom. The first-order valence-electron chi connectivity index (χ1n) is 7.04. The van der Waals surface area contributed by atoms with Crippen molar-refractivity contribution in [2.75, 3.05) is 19.9 Å². The Kier molecular flexibility index (Phi) is 6.97. The third-order valence-electron chi connectivity index (χ3n) is 3.58. The molecule has 1 N–H and O–H groups in total. The average molecular weight is 334 g/mol. The number of methoxy groups -OCH3 is 1. The fraction of sp³-hybridized carbons (Fsp3) is 0.600. The molecule has 21 heavy (non-hydrogen) atoms. The fourth-order valence-electron chi connectivity index (χ4n) is 2.18. The highest BCUT2D eigenvalue weighted by molar-refractivity contribution is 7.91. The molecule has 0 aromatic heterocycles. The molecule has 4 nitrogen and oxygen atoms in total. The molecular weight excluding hydrogens is 310 g/mol. The summed E-state index contributed by atoms with van der Waals surface area (Å²) in [7, 11) is -1.52. The molecule has 0 heterocycles. The van der Waals surface area contributed by atoms with Gasteiger partial charge in [-0.2, -0.15) is 0 Å². The van der Waals surface area contributed by atoms with Crippen LogP contribution in [0.5, 0.6) is 5.75 Å². The van der Waals surface area contributed by atoms with Gasteiger partial charge in [0.1, 0.15) is 5.75 Å². The van der Waals surface area contributed by atoms with Gasteiger partial charge in [0.2, 0.25) is 0 Å². The predicted octanol–water partition coefficient (Wildman–Crippen LogP) is 2.69. The Bertz CT molecular complexity index is 560. The van der Waals surface area contributed by atoms with Crippen molar-refractivity contribution in [3.63, 3.8) is 0 Å². The number of sulfone groups is 1. The summed E-state index contributed by atoms with van der Waals surface area (Å²) in [6, 6.07) is 5.22. The van der Waals surface area contributed by atoms with E-state index >= 15 is 0 Å². The maximum atomic E-state index is 11.9. The smallest absolute Gasteiger partial charge is 0.151 e. The minimum atomic E-state index is -3.12. The minimum Gasteiger partial charge on any atom is -0.496 e. The van der Waals surface area contributed by atoms with E-state index in [4.69, 9.17) is 16.3 Å². The number of ether oxygens (including phenoxy) is 1. The normalized spacial score (nSPS) is 14.7. The van der Waals surface area contributed by atoms with Crippen LogP contribution in [0.3, 0.4) is 0 Å². The Morgan fingerprint density at radius 1 is 1.38 bits per heavy atom. The summed E-state index contributed by atoms with van der Waals surface area (Å²) in [6.45, 7) is 4.56. The van der Waals surface area contributed by atoms with Crippen molar-refractivity contribution >= 4 is 21.4 Å². The lowest BCUT2D eigenvalue weighted by Crippen LogP contribution is -2.44. The molecular formula is C15H24ClNO3S. The highest BCUT2D eigenvalue weighted by Gasteiger charge is 2.26. The first-order valence-corrected chi connectivity index (χ1v) is 9.37. The van der Waals surface area contributed by atoms with Crippen LogP contribution in [0.2, 0.25) is 5.02 Å². The molecule has 6 heteroatoms. The first kappa shape index (κ1) is 18.3. The van der Waals surface area contributed by atoms with E-state index in [9.17, 15) is 8.42 Å². The van der Waals surface area contributed by atoms with Crippen LogP contribution in [0.15, 0.2) is 18.2 Å². The zero-order valence-corrected chi connectivity index (χ0v) is 14.6. The Morgan fingerprint density at radius 3 is 2.57 bits per heavy atom. The summed E-state index contributed by atoms with van der Waals surface area (Å²) < 4.78 is 29.0. The van der Waals surface area contributed by atoms with E-state index in [1.165, 1.54) is 6.26 Å². The Hall–Kier alpha value is -0.780. The molecule has 1 aromatic rings. The first-order chi connectivity index (χ1) is 9.79. The van der Waals surface area contributed by atoms with Crippen LogP contribution < -0.4 is 10.1 Å². The van der Waals surface area contributed by atoms with Crippen LogP contribution in [0.1, 0.15) is 25.8 Å². The van der Waals surface area contributed by atoms with Crippen molar-refractivity contribution in [1.82, 2.24) is 5.32 Å². The van der Waals surface area contributed by atoms with Gasteiger partial charge in [-0.1, -0.05) is 18.5 Å². The number of rotatable bonds is 8. The van der Waals surface area contributed by atoms with Gasteiger partial charge in [-0.15, -0.1) is 0 Å². The highest BCUT2D eigenvalue weighted by Crippen LogP contribution is 2.25. The molecule has 120 valence electrons. The van der Waals surface area contributed by atoms with Crippen LogP contribution in [0.25, 0.3) is 0 Å². The molecule has 0 saturated carbocycles. The molecule has 1 rings (SSSR count). The Labute approximate surface area is 132 Å². The molecule has 0 aliphatic rings. The molecule has 2 unspecified atom stereocenters. The third kappa shape index (κ3) is 5.49. The predicted molar refractivity (Wildman–Crippen MR) is 88.1 cm³/mol. The number of halogens is 1. The van der Waals surface area contributed by atoms with E-state index in [0.29, 0.717) is 11.4 Å². The van der Waals surface area contributed by atoms with Gasteiger partial charge < -0.3 is 10.1 Å². The second kappa shape index (κ2) is 8.01. The standard InChI is InChI=1S/C15H24ClNO3S/c1-5-8-17-14(11(2)21(4,18)19)10-12-9-13(16)6-7-15(12)20-3/h6-7,9,11,14,17H,5,8,10H2,1-4H3. The summed E-state index contributed by atoms with van der Waals surface area (Å²) in [5, 5.41) is 3.46. The zero-order valence-electron chi connectivity index (χ0n) is 13.0. The van der Waals surface area contributed by atoms with Crippen molar-refractivity contribution < 1.29 is 13.2 Å². The largest absolute Gasteiger partial charge is 0.496 e. The van der Waals surface area contributed by atoms with Gasteiger partial charge in [0.15, 0.2) is 9.84 Å². The second-order valence-electron chi connectivity index (χ2n) is 5.26. The van der Waals surface area contributed by atoms with Crippen molar-refractivity contribution in [3.05, 3.63) is 28.8 Å². The van der Waals surface area contributed by atoms with Gasteiger partial charge in [-0.05, 0) is 50.1 Å². The molecule has 0 aliphatic heterocycles. The number of hydrogen-bond acceptors (Lipinski definition) is 4. The van der Waals surface area contributed by atoms with Gasteiger partial charge in [0, 0.05) is 17.3 Å². The quantitative estimate of drug-likeness (QED) is 0.794. The molecule has 0 radical (unpaired) electrons. The van der Waals surface area contributed by atoms with E-state index in [-0.39, 0.29) is 6.04 Å². The van der Waals surface area contributed by atoms with Gasteiger partial charge in [0.25, 0.3) is 0 Å². The summed E-state index contributed by atoms with van der Waals surface area (Å²) in [5.41, 5.74) is 0.911. The van der Waals surface area contributed by atoms with Crippen LogP contribution in [0.4, 0.5) is 0 Å². The van der Waals surface area contributed by atoms with Crippen LogP contribution in [-0.4, -0.2) is 39.6 Å². The molecule has 0 fully saturated rings. The molecule has 0 bridgehead atoms. The summed E-state index contributed by atoms with van der Waals surface area (Å²) >= 11 is 6.04. The van der Waals surface area contributed by atoms with Crippen molar-refractivity contribution in [2.24, 2.45) is 0 Å². The lowest BCUT2D eigenvalue weighted by atomic mass is 10.0. The van der Waals surface area contributed by atoms with Crippen molar-refractivity contribution in [1.29, 1.82) is 0 Å². The van der Waals surface area contributed by atoms with Gasteiger partial charge in [-0.3, -0.25) is 0 Å². The van der Waals surface area contributed by atoms with Crippen LogP contribution in [0, 0.1) is 0 Å². The lowest BCUT2D eigenvalue weighted by molar-refractivity contribution is 0.403. The summed E-state index contributed by atoms with van der Waals surface area (Å²) in [6.07, 6.45) is 2.77. The second-order valence-corrected chi connectivity index (χ2v) is 8.09. The monoisotopic (exact) mass is 333 g/mol. The van der Waals surface area contributed by atoms with E-state index in [1.807, 2.05) is 6.07 Å². The number of benzene rings is 1. The fourth-order valence-corrected chi connectivity index (χ4v) is 3.16. The maximum Gasteiger partial charge on any atom is 0.151 e. The van der Waals surface area contributed by atoms with Crippen LogP contribution in [-0.2, 0) is 16.3 Å². The van der Waals surface area contributed by atoms with E-state index < -0.39 is 15.1 Å². The molecule has 0 spiro atoms. The van der Waals surface area contributed by atoms with Crippen LogP contribution >= 0.6 is 11.6 Å². The lowest BCUT2D eigenvalue weighted by Gasteiger charge is -2.25. The number of nitrogens with one attached hydrogen (secondary N) is 1. The highest BCUT2D eigenvalue weighted by atomic mass is 35.5. The Balaban J connectivity index is 3.03. The molecule has 1 aromatic carbocycles. The molecule has 2 atom stereocenters. The van der Waals surface area contributed by atoms with E-state index in [2.05, 4.69) is 12.2 Å². The minimum absolute atomic E-state index is 0.174.